The Morgan fingerprint density at radius 1 is 1.60 bits per heavy atom. The van der Waals surface area contributed by atoms with Crippen LogP contribution in [0.2, 0.25) is 0 Å². The van der Waals surface area contributed by atoms with E-state index in [2.05, 4.69) is 18.5 Å². The van der Waals surface area contributed by atoms with E-state index in [1.807, 2.05) is 0 Å². The fourth-order valence-corrected chi connectivity index (χ4v) is 1.01. The molecule has 2 heteroatoms. The standard InChI is InChI=1S/C8H10FN/c1-3-7-4-10-5-8(7)6(2)9/h3,10H,1-2,4-5H2. The molecule has 0 saturated heterocycles. The molecule has 1 aliphatic rings. The summed E-state index contributed by atoms with van der Waals surface area (Å²) in [4.78, 5) is 0. The maximum Gasteiger partial charge on any atom is 0.120 e. The molecule has 0 aromatic rings. The van der Waals surface area contributed by atoms with Crippen molar-refractivity contribution in [3.05, 3.63) is 36.2 Å². The van der Waals surface area contributed by atoms with Crippen LogP contribution in [0.3, 0.4) is 0 Å². The fraction of sp³-hybridized carbons (Fsp3) is 0.250. The number of hydrogen-bond acceptors (Lipinski definition) is 1. The summed E-state index contributed by atoms with van der Waals surface area (Å²) in [5.41, 5.74) is 1.59. The summed E-state index contributed by atoms with van der Waals surface area (Å²) in [5, 5.41) is 3.01. The second kappa shape index (κ2) is 2.80. The maximum absolute atomic E-state index is 12.5. The molecular weight excluding hydrogens is 129 g/mol. The minimum atomic E-state index is -0.347. The van der Waals surface area contributed by atoms with Gasteiger partial charge in [-0.2, -0.15) is 0 Å². The lowest BCUT2D eigenvalue weighted by atomic mass is 10.1. The Hall–Kier alpha value is -0.890. The average Bonchev–Trinajstić information content (AvgIpc) is 2.33. The first kappa shape index (κ1) is 7.22. The van der Waals surface area contributed by atoms with Crippen LogP contribution in [0.5, 0.6) is 0 Å². The lowest BCUT2D eigenvalue weighted by Crippen LogP contribution is -2.08. The van der Waals surface area contributed by atoms with Gasteiger partial charge in [0.1, 0.15) is 5.83 Å². The second-order valence-corrected chi connectivity index (χ2v) is 2.22. The van der Waals surface area contributed by atoms with Crippen molar-refractivity contribution in [2.45, 2.75) is 0 Å². The molecular formula is C8H10FN. The largest absolute Gasteiger partial charge is 0.308 e. The van der Waals surface area contributed by atoms with E-state index in [-0.39, 0.29) is 5.83 Å². The van der Waals surface area contributed by atoms with Gasteiger partial charge in [-0.3, -0.25) is 0 Å². The molecule has 0 atom stereocenters. The van der Waals surface area contributed by atoms with E-state index in [0.29, 0.717) is 18.7 Å². The van der Waals surface area contributed by atoms with Crippen LogP contribution >= 0.6 is 0 Å². The summed E-state index contributed by atoms with van der Waals surface area (Å²) in [5.74, 6) is -0.347. The number of nitrogens with one attached hydrogen (secondary N) is 1. The molecule has 0 bridgehead atoms. The molecule has 1 heterocycles. The first-order valence-electron chi connectivity index (χ1n) is 3.15. The normalized spacial score (nSPS) is 17.7. The molecule has 0 aromatic heterocycles. The SMILES string of the molecule is C=CC1=C(C(=C)F)CNC1. The van der Waals surface area contributed by atoms with Crippen molar-refractivity contribution in [1.82, 2.24) is 5.32 Å². The van der Waals surface area contributed by atoms with Crippen molar-refractivity contribution in [1.29, 1.82) is 0 Å². The zero-order chi connectivity index (χ0) is 7.56. The van der Waals surface area contributed by atoms with Crippen molar-refractivity contribution < 1.29 is 4.39 Å². The van der Waals surface area contributed by atoms with Gasteiger partial charge in [-0.25, -0.2) is 4.39 Å². The number of halogens is 1. The van der Waals surface area contributed by atoms with Crippen molar-refractivity contribution >= 4 is 0 Å². The smallest absolute Gasteiger partial charge is 0.120 e. The van der Waals surface area contributed by atoms with E-state index in [1.54, 1.807) is 6.08 Å². The highest BCUT2D eigenvalue weighted by atomic mass is 19.1. The topological polar surface area (TPSA) is 12.0 Å². The van der Waals surface area contributed by atoms with Crippen LogP contribution in [0.4, 0.5) is 4.39 Å². The van der Waals surface area contributed by atoms with Gasteiger partial charge in [0, 0.05) is 18.7 Å². The molecule has 0 amide bonds. The van der Waals surface area contributed by atoms with E-state index in [0.717, 1.165) is 5.57 Å². The summed E-state index contributed by atoms with van der Waals surface area (Å²) in [6, 6.07) is 0. The summed E-state index contributed by atoms with van der Waals surface area (Å²) in [6.45, 7) is 8.08. The molecule has 0 fully saturated rings. The number of rotatable bonds is 2. The van der Waals surface area contributed by atoms with Gasteiger partial charge < -0.3 is 5.32 Å². The van der Waals surface area contributed by atoms with Gasteiger partial charge in [-0.05, 0) is 5.57 Å². The Kier molecular flexibility index (Phi) is 2.02. The maximum atomic E-state index is 12.5. The summed E-state index contributed by atoms with van der Waals surface area (Å²) < 4.78 is 12.5. The van der Waals surface area contributed by atoms with E-state index in [1.165, 1.54) is 0 Å². The van der Waals surface area contributed by atoms with Gasteiger partial charge in [0.05, 0.1) is 0 Å². The van der Waals surface area contributed by atoms with E-state index in [4.69, 9.17) is 0 Å². The highest BCUT2D eigenvalue weighted by molar-refractivity contribution is 5.40. The Balaban J connectivity index is 2.88. The lowest BCUT2D eigenvalue weighted by molar-refractivity contribution is 0.649. The molecule has 1 N–H and O–H groups in total. The molecule has 0 unspecified atom stereocenters. The van der Waals surface area contributed by atoms with E-state index < -0.39 is 0 Å². The van der Waals surface area contributed by atoms with E-state index >= 15 is 0 Å². The van der Waals surface area contributed by atoms with Crippen LogP contribution in [0.25, 0.3) is 0 Å². The van der Waals surface area contributed by atoms with Crippen molar-refractivity contribution in [3.63, 3.8) is 0 Å². The molecule has 1 nitrogen and oxygen atoms in total. The molecule has 1 rings (SSSR count). The zero-order valence-corrected chi connectivity index (χ0v) is 5.78. The van der Waals surface area contributed by atoms with Gasteiger partial charge in [-0.1, -0.05) is 19.2 Å². The Morgan fingerprint density at radius 2 is 2.30 bits per heavy atom. The summed E-state index contributed by atoms with van der Waals surface area (Å²) in [7, 11) is 0. The first-order valence-corrected chi connectivity index (χ1v) is 3.15. The predicted molar refractivity (Wildman–Crippen MR) is 40.3 cm³/mol. The summed E-state index contributed by atoms with van der Waals surface area (Å²) >= 11 is 0. The third kappa shape index (κ3) is 1.16. The van der Waals surface area contributed by atoms with Gasteiger partial charge in [0.2, 0.25) is 0 Å². The Labute approximate surface area is 59.9 Å². The van der Waals surface area contributed by atoms with Gasteiger partial charge in [-0.15, -0.1) is 0 Å². The predicted octanol–water partition coefficient (Wildman–Crippen LogP) is 1.56. The van der Waals surface area contributed by atoms with Crippen LogP contribution in [0, 0.1) is 0 Å². The Bertz CT molecular complexity index is 203. The third-order valence-electron chi connectivity index (χ3n) is 1.58. The van der Waals surface area contributed by atoms with Crippen molar-refractivity contribution in [2.75, 3.05) is 13.1 Å². The quantitative estimate of drug-likeness (QED) is 0.612. The molecule has 0 radical (unpaired) electrons. The molecule has 54 valence electrons. The van der Waals surface area contributed by atoms with Gasteiger partial charge in [0.25, 0.3) is 0 Å². The van der Waals surface area contributed by atoms with Gasteiger partial charge >= 0.3 is 0 Å². The minimum Gasteiger partial charge on any atom is -0.308 e. The fourth-order valence-electron chi connectivity index (χ4n) is 1.01. The lowest BCUT2D eigenvalue weighted by Gasteiger charge is -1.95. The second-order valence-electron chi connectivity index (χ2n) is 2.22. The van der Waals surface area contributed by atoms with Crippen LogP contribution < -0.4 is 5.32 Å². The molecule has 0 spiro atoms. The zero-order valence-electron chi connectivity index (χ0n) is 5.78. The third-order valence-corrected chi connectivity index (χ3v) is 1.58. The average molecular weight is 139 g/mol. The van der Waals surface area contributed by atoms with E-state index in [9.17, 15) is 4.39 Å². The minimum absolute atomic E-state index is 0.347. The number of hydrogen-bond donors (Lipinski definition) is 1. The highest BCUT2D eigenvalue weighted by Crippen LogP contribution is 2.18. The van der Waals surface area contributed by atoms with Gasteiger partial charge in [0.15, 0.2) is 0 Å². The van der Waals surface area contributed by atoms with Crippen LogP contribution in [-0.2, 0) is 0 Å². The van der Waals surface area contributed by atoms with Crippen molar-refractivity contribution in [3.8, 4) is 0 Å². The van der Waals surface area contributed by atoms with Crippen LogP contribution in [0.15, 0.2) is 36.2 Å². The Morgan fingerprint density at radius 3 is 2.70 bits per heavy atom. The molecule has 10 heavy (non-hydrogen) atoms. The molecule has 0 aliphatic carbocycles. The molecule has 0 saturated carbocycles. The van der Waals surface area contributed by atoms with Crippen molar-refractivity contribution in [2.24, 2.45) is 0 Å². The summed E-state index contributed by atoms with van der Waals surface area (Å²) in [6.07, 6.45) is 1.67. The van der Waals surface area contributed by atoms with Crippen LogP contribution in [-0.4, -0.2) is 13.1 Å². The first-order chi connectivity index (χ1) is 4.75. The molecule has 0 aromatic carbocycles. The highest BCUT2D eigenvalue weighted by Gasteiger charge is 2.12. The molecule has 1 aliphatic heterocycles. The monoisotopic (exact) mass is 139 g/mol. The van der Waals surface area contributed by atoms with Crippen LogP contribution in [0.1, 0.15) is 0 Å².